The maximum atomic E-state index is 13.7. The lowest BCUT2D eigenvalue weighted by Gasteiger charge is -2.13. The van der Waals surface area contributed by atoms with Crippen molar-refractivity contribution in [3.8, 4) is 16.9 Å². The summed E-state index contributed by atoms with van der Waals surface area (Å²) in [5.41, 5.74) is 0.434. The number of fused-ring (bicyclic) bond motifs is 2. The Kier molecular flexibility index (Phi) is 6.14. The van der Waals surface area contributed by atoms with Gasteiger partial charge in [-0.3, -0.25) is 0 Å². The molecule has 0 radical (unpaired) electrons. The van der Waals surface area contributed by atoms with Crippen molar-refractivity contribution in [1.82, 2.24) is 4.98 Å². The number of para-hydroxylation sites is 1. The Labute approximate surface area is 205 Å². The van der Waals surface area contributed by atoms with Crippen LogP contribution in [0.3, 0.4) is 0 Å². The summed E-state index contributed by atoms with van der Waals surface area (Å²) in [5.74, 6) is -0.414. The number of nitrogens with one attached hydrogen (secondary N) is 1. The van der Waals surface area contributed by atoms with Gasteiger partial charge >= 0.3 is 12.1 Å². The third kappa shape index (κ3) is 4.40. The number of halogens is 3. The third-order valence-corrected chi connectivity index (χ3v) is 6.26. The van der Waals surface area contributed by atoms with Gasteiger partial charge in [0.2, 0.25) is 0 Å². The van der Waals surface area contributed by atoms with Crippen molar-refractivity contribution >= 4 is 27.6 Å². The van der Waals surface area contributed by atoms with Crippen LogP contribution in [0.1, 0.15) is 28.0 Å². The van der Waals surface area contributed by atoms with Crippen LogP contribution in [0.5, 0.6) is 5.75 Å². The first kappa shape index (κ1) is 23.5. The molecule has 0 spiro atoms. The van der Waals surface area contributed by atoms with Gasteiger partial charge in [-0.1, -0.05) is 72.8 Å². The van der Waals surface area contributed by atoms with Gasteiger partial charge in [-0.2, -0.15) is 13.2 Å². The lowest BCUT2D eigenvalue weighted by molar-refractivity contribution is -0.137. The number of carbonyl (C=O) groups is 1. The minimum Gasteiger partial charge on any atom is -0.493 e. The highest BCUT2D eigenvalue weighted by molar-refractivity contribution is 6.03. The van der Waals surface area contributed by atoms with Crippen LogP contribution < -0.4 is 4.74 Å². The van der Waals surface area contributed by atoms with Crippen molar-refractivity contribution in [3.63, 3.8) is 0 Å². The minimum atomic E-state index is -4.54. The molecule has 1 heterocycles. The standard InChI is InChI=1S/C29H22F3NO3/c30-29(31,32)24-15-4-3-11-20(24)21-12-6-13-22-23(27(28(34)35)33-26(21)22)14-7-17-36-25-16-5-9-18-8-1-2-10-19(18)25/h1-6,8-13,15-16,33H,7,14,17H2,(H,34,35). The average Bonchev–Trinajstić information content (AvgIpc) is 3.25. The SMILES string of the molecule is O=C(O)c1[nH]c2c(-c3ccccc3C(F)(F)F)cccc2c1CCCOc1cccc2ccccc12. The van der Waals surface area contributed by atoms with Gasteiger partial charge in [0.1, 0.15) is 11.4 Å². The number of aromatic nitrogens is 1. The molecule has 4 aromatic carbocycles. The van der Waals surface area contributed by atoms with Crippen molar-refractivity contribution in [3.05, 3.63) is 102 Å². The monoisotopic (exact) mass is 489 g/mol. The number of ether oxygens (including phenoxy) is 1. The molecule has 0 bridgehead atoms. The Hall–Kier alpha value is -4.26. The molecule has 1 aromatic heterocycles. The molecule has 0 aliphatic carbocycles. The fourth-order valence-corrected chi connectivity index (χ4v) is 4.66. The average molecular weight is 489 g/mol. The number of aromatic amines is 1. The van der Waals surface area contributed by atoms with Gasteiger partial charge in [0.05, 0.1) is 17.7 Å². The number of aromatic carboxylic acids is 1. The summed E-state index contributed by atoms with van der Waals surface area (Å²) in [6.45, 7) is 0.357. The molecule has 0 aliphatic heterocycles. The second-order valence-corrected chi connectivity index (χ2v) is 8.48. The van der Waals surface area contributed by atoms with Crippen LogP contribution in [-0.4, -0.2) is 22.7 Å². The van der Waals surface area contributed by atoms with E-state index in [1.807, 2.05) is 42.5 Å². The largest absolute Gasteiger partial charge is 0.493 e. The van der Waals surface area contributed by atoms with E-state index < -0.39 is 17.7 Å². The molecular formula is C29H22F3NO3. The molecule has 0 saturated carbocycles. The van der Waals surface area contributed by atoms with Gasteiger partial charge in [0.25, 0.3) is 0 Å². The van der Waals surface area contributed by atoms with Crippen LogP contribution in [0.15, 0.2) is 84.9 Å². The summed E-state index contributed by atoms with van der Waals surface area (Å²) in [4.78, 5) is 14.9. The number of H-pyrrole nitrogens is 1. The van der Waals surface area contributed by atoms with E-state index in [0.717, 1.165) is 22.6 Å². The van der Waals surface area contributed by atoms with Crippen molar-refractivity contribution < 1.29 is 27.8 Å². The van der Waals surface area contributed by atoms with E-state index in [-0.39, 0.29) is 11.3 Å². The van der Waals surface area contributed by atoms with E-state index in [2.05, 4.69) is 4.98 Å². The summed E-state index contributed by atoms with van der Waals surface area (Å²) in [6.07, 6.45) is -3.63. The van der Waals surface area contributed by atoms with Gasteiger partial charge in [-0.05, 0) is 41.5 Å². The van der Waals surface area contributed by atoms with Crippen molar-refractivity contribution in [2.75, 3.05) is 6.61 Å². The maximum absolute atomic E-state index is 13.7. The molecule has 0 saturated heterocycles. The van der Waals surface area contributed by atoms with E-state index in [1.165, 1.54) is 18.2 Å². The van der Waals surface area contributed by atoms with Crippen LogP contribution >= 0.6 is 0 Å². The molecule has 0 aliphatic rings. The molecule has 5 rings (SSSR count). The zero-order chi connectivity index (χ0) is 25.3. The number of carboxylic acids is 1. The zero-order valence-corrected chi connectivity index (χ0v) is 19.1. The highest BCUT2D eigenvalue weighted by atomic mass is 19.4. The van der Waals surface area contributed by atoms with Crippen LogP contribution in [0.4, 0.5) is 13.2 Å². The molecule has 36 heavy (non-hydrogen) atoms. The van der Waals surface area contributed by atoms with Crippen molar-refractivity contribution in [2.45, 2.75) is 19.0 Å². The predicted octanol–water partition coefficient (Wildman–Crippen LogP) is 7.72. The number of hydrogen-bond acceptors (Lipinski definition) is 2. The maximum Gasteiger partial charge on any atom is 0.417 e. The lowest BCUT2D eigenvalue weighted by atomic mass is 9.96. The first-order valence-corrected chi connectivity index (χ1v) is 11.5. The molecular weight excluding hydrogens is 467 g/mol. The van der Waals surface area contributed by atoms with Gasteiger partial charge in [0, 0.05) is 16.3 Å². The highest BCUT2D eigenvalue weighted by Crippen LogP contribution is 2.40. The van der Waals surface area contributed by atoms with Crippen molar-refractivity contribution in [1.29, 1.82) is 0 Å². The van der Waals surface area contributed by atoms with Crippen LogP contribution in [-0.2, 0) is 12.6 Å². The van der Waals surface area contributed by atoms with E-state index >= 15 is 0 Å². The van der Waals surface area contributed by atoms with E-state index in [9.17, 15) is 23.1 Å². The van der Waals surface area contributed by atoms with E-state index in [1.54, 1.807) is 18.2 Å². The predicted molar refractivity (Wildman–Crippen MR) is 133 cm³/mol. The van der Waals surface area contributed by atoms with Gasteiger partial charge in [-0.15, -0.1) is 0 Å². The lowest BCUT2D eigenvalue weighted by Crippen LogP contribution is -2.07. The Morgan fingerprint density at radius 3 is 2.31 bits per heavy atom. The minimum absolute atomic E-state index is 0.000345. The number of hydrogen-bond donors (Lipinski definition) is 2. The first-order valence-electron chi connectivity index (χ1n) is 11.5. The van der Waals surface area contributed by atoms with Gasteiger partial charge in [0.15, 0.2) is 0 Å². The van der Waals surface area contributed by atoms with Gasteiger partial charge < -0.3 is 14.8 Å². The Morgan fingerprint density at radius 1 is 0.833 bits per heavy atom. The molecule has 2 N–H and O–H groups in total. The zero-order valence-electron chi connectivity index (χ0n) is 19.1. The Bertz CT molecular complexity index is 1560. The topological polar surface area (TPSA) is 62.3 Å². The molecule has 0 unspecified atom stereocenters. The number of benzene rings is 4. The normalized spacial score (nSPS) is 11.8. The smallest absolute Gasteiger partial charge is 0.417 e. The molecule has 0 amide bonds. The molecule has 5 aromatic rings. The quantitative estimate of drug-likeness (QED) is 0.230. The van der Waals surface area contributed by atoms with Crippen LogP contribution in [0.25, 0.3) is 32.8 Å². The number of carboxylic acid groups (broad SMARTS) is 1. The number of alkyl halides is 3. The summed E-state index contributed by atoms with van der Waals surface area (Å²) in [5, 5.41) is 12.5. The number of aryl methyl sites for hydroxylation is 1. The molecule has 7 heteroatoms. The first-order chi connectivity index (χ1) is 17.3. The number of rotatable bonds is 7. The fourth-order valence-electron chi connectivity index (χ4n) is 4.66. The third-order valence-electron chi connectivity index (χ3n) is 6.26. The summed E-state index contributed by atoms with van der Waals surface area (Å²) in [7, 11) is 0. The van der Waals surface area contributed by atoms with Crippen LogP contribution in [0, 0.1) is 0 Å². The Balaban J connectivity index is 1.45. The molecule has 0 fully saturated rings. The second-order valence-electron chi connectivity index (χ2n) is 8.48. The summed E-state index contributed by atoms with van der Waals surface area (Å²) < 4.78 is 47.0. The second kappa shape index (κ2) is 9.41. The highest BCUT2D eigenvalue weighted by Gasteiger charge is 2.34. The summed E-state index contributed by atoms with van der Waals surface area (Å²) >= 11 is 0. The Morgan fingerprint density at radius 2 is 1.50 bits per heavy atom. The van der Waals surface area contributed by atoms with E-state index in [4.69, 9.17) is 4.74 Å². The van der Waals surface area contributed by atoms with Crippen LogP contribution in [0.2, 0.25) is 0 Å². The summed E-state index contributed by atoms with van der Waals surface area (Å²) in [6, 6.07) is 23.9. The van der Waals surface area contributed by atoms with E-state index in [0.29, 0.717) is 41.5 Å². The molecule has 0 atom stereocenters. The fraction of sp³-hybridized carbons (Fsp3) is 0.138. The van der Waals surface area contributed by atoms with Crippen molar-refractivity contribution in [2.24, 2.45) is 0 Å². The van der Waals surface area contributed by atoms with Gasteiger partial charge in [-0.25, -0.2) is 4.79 Å². The molecule has 182 valence electrons. The molecule has 4 nitrogen and oxygen atoms in total.